The predicted octanol–water partition coefficient (Wildman–Crippen LogP) is 2.39. The molecule has 144 valence electrons. The molecule has 1 rings (SSSR count). The van der Waals surface area contributed by atoms with Gasteiger partial charge in [0.2, 0.25) is 0 Å². The maximum Gasteiger partial charge on any atom is 0.323 e. The molecule has 2 atom stereocenters. The zero-order valence-corrected chi connectivity index (χ0v) is 15.8. The van der Waals surface area contributed by atoms with Crippen LogP contribution >= 0.6 is 0 Å². The Morgan fingerprint density at radius 2 is 1.77 bits per heavy atom. The summed E-state index contributed by atoms with van der Waals surface area (Å²) in [6.07, 6.45) is 0.226. The second-order valence-electron chi connectivity index (χ2n) is 6.85. The van der Waals surface area contributed by atoms with Crippen molar-refractivity contribution < 1.29 is 24.0 Å². The van der Waals surface area contributed by atoms with E-state index in [1.54, 1.807) is 46.8 Å². The zero-order valence-electron chi connectivity index (χ0n) is 15.8. The molecule has 0 saturated heterocycles. The summed E-state index contributed by atoms with van der Waals surface area (Å²) in [4.78, 5) is 34.6. The first-order chi connectivity index (χ1) is 12.0. The third-order valence-corrected chi connectivity index (χ3v) is 3.37. The Morgan fingerprint density at radius 1 is 1.19 bits per heavy atom. The number of nitro benzene ring substituents is 1. The van der Waals surface area contributed by atoms with Crippen molar-refractivity contribution in [3.63, 3.8) is 0 Å². The minimum absolute atomic E-state index is 0.0310. The summed E-state index contributed by atoms with van der Waals surface area (Å²) in [5.41, 5.74) is 0.0409. The van der Waals surface area contributed by atoms with Gasteiger partial charge in [-0.1, -0.05) is 12.1 Å². The van der Waals surface area contributed by atoms with Gasteiger partial charge in [0.05, 0.1) is 11.5 Å². The van der Waals surface area contributed by atoms with E-state index in [1.165, 1.54) is 12.1 Å². The molecule has 0 aliphatic heterocycles. The molecule has 0 bridgehead atoms. The van der Waals surface area contributed by atoms with Crippen molar-refractivity contribution in [1.29, 1.82) is 0 Å². The fraction of sp³-hybridized carbons (Fsp3) is 0.556. The summed E-state index contributed by atoms with van der Waals surface area (Å²) in [6, 6.07) is 4.39. The number of benzene rings is 1. The van der Waals surface area contributed by atoms with Gasteiger partial charge in [0, 0.05) is 12.1 Å². The van der Waals surface area contributed by atoms with Crippen LogP contribution in [-0.2, 0) is 25.5 Å². The molecule has 0 fully saturated rings. The van der Waals surface area contributed by atoms with E-state index in [1.807, 2.05) is 0 Å². The topological polar surface area (TPSA) is 108 Å². The van der Waals surface area contributed by atoms with Crippen molar-refractivity contribution in [3.05, 3.63) is 39.9 Å². The molecule has 0 saturated carbocycles. The molecule has 0 aliphatic rings. The van der Waals surface area contributed by atoms with Crippen LogP contribution in [0.25, 0.3) is 0 Å². The second-order valence-corrected chi connectivity index (χ2v) is 6.85. The van der Waals surface area contributed by atoms with E-state index in [2.05, 4.69) is 5.32 Å². The van der Waals surface area contributed by atoms with Crippen LogP contribution in [0.2, 0.25) is 0 Å². The monoisotopic (exact) mass is 366 g/mol. The Hall–Kier alpha value is -2.48. The quantitative estimate of drug-likeness (QED) is 0.427. The molecule has 1 aromatic carbocycles. The van der Waals surface area contributed by atoms with Gasteiger partial charge in [-0.2, -0.15) is 0 Å². The molecule has 8 heteroatoms. The highest BCUT2D eigenvalue weighted by Crippen LogP contribution is 2.14. The van der Waals surface area contributed by atoms with E-state index in [0.717, 1.165) is 0 Å². The van der Waals surface area contributed by atoms with E-state index in [0.29, 0.717) is 5.56 Å². The van der Waals surface area contributed by atoms with Crippen molar-refractivity contribution >= 4 is 17.6 Å². The molecule has 0 aliphatic carbocycles. The number of hydrogen-bond acceptors (Lipinski definition) is 7. The Bertz CT molecular complexity index is 636. The van der Waals surface area contributed by atoms with Crippen LogP contribution < -0.4 is 5.32 Å². The third kappa shape index (κ3) is 7.18. The zero-order chi connectivity index (χ0) is 19.9. The van der Waals surface area contributed by atoms with Crippen LogP contribution in [0.5, 0.6) is 0 Å². The molecule has 26 heavy (non-hydrogen) atoms. The summed E-state index contributed by atoms with van der Waals surface area (Å²) in [5, 5.41) is 13.7. The Labute approximate surface area is 153 Å². The molecule has 0 spiro atoms. The maximum atomic E-state index is 12.2. The molecule has 1 aromatic rings. The predicted molar refractivity (Wildman–Crippen MR) is 95.7 cm³/mol. The fourth-order valence-corrected chi connectivity index (χ4v) is 2.20. The highest BCUT2D eigenvalue weighted by atomic mass is 16.6. The van der Waals surface area contributed by atoms with Crippen LogP contribution in [0, 0.1) is 10.1 Å². The van der Waals surface area contributed by atoms with Crippen molar-refractivity contribution in [2.24, 2.45) is 0 Å². The lowest BCUT2D eigenvalue weighted by Crippen LogP contribution is -2.49. The summed E-state index contributed by atoms with van der Waals surface area (Å²) in [6.45, 7) is 8.79. The van der Waals surface area contributed by atoms with Gasteiger partial charge < -0.3 is 9.47 Å². The molecule has 8 nitrogen and oxygen atoms in total. The van der Waals surface area contributed by atoms with Crippen molar-refractivity contribution in [1.82, 2.24) is 5.32 Å². The smallest absolute Gasteiger partial charge is 0.323 e. The second kappa shape index (κ2) is 9.28. The van der Waals surface area contributed by atoms with E-state index >= 15 is 0 Å². The standard InChI is InChI=1S/C18H26N2O6/c1-6-25-17(22)15(19-12(2)16(21)26-18(3,4)5)11-13-7-9-14(10-8-13)20(23)24/h7-10,12,15,19H,6,11H2,1-5H3/t12-,15-/m0/s1. The molecule has 0 heterocycles. The van der Waals surface area contributed by atoms with Crippen LogP contribution in [0.1, 0.15) is 40.2 Å². The Kier molecular flexibility index (Phi) is 7.70. The maximum absolute atomic E-state index is 12.2. The number of nitro groups is 1. The number of rotatable bonds is 8. The highest BCUT2D eigenvalue weighted by molar-refractivity contribution is 5.79. The third-order valence-electron chi connectivity index (χ3n) is 3.37. The minimum atomic E-state index is -0.779. The number of nitrogens with one attached hydrogen (secondary N) is 1. The van der Waals surface area contributed by atoms with E-state index in [9.17, 15) is 19.7 Å². The van der Waals surface area contributed by atoms with Crippen molar-refractivity contribution in [3.8, 4) is 0 Å². The number of esters is 2. The van der Waals surface area contributed by atoms with Crippen LogP contribution in [0.4, 0.5) is 5.69 Å². The average Bonchev–Trinajstić information content (AvgIpc) is 2.53. The molecule has 1 N–H and O–H groups in total. The van der Waals surface area contributed by atoms with Gasteiger partial charge in [-0.15, -0.1) is 0 Å². The number of non-ortho nitro benzene ring substituents is 1. The molecular formula is C18H26N2O6. The first kappa shape index (κ1) is 21.6. The van der Waals surface area contributed by atoms with Gasteiger partial charge in [-0.25, -0.2) is 0 Å². The van der Waals surface area contributed by atoms with Crippen LogP contribution in [-0.4, -0.2) is 41.2 Å². The van der Waals surface area contributed by atoms with E-state index < -0.39 is 34.5 Å². The SMILES string of the molecule is CCOC(=O)[C@H](Cc1ccc([N+](=O)[O-])cc1)N[C@@H](C)C(=O)OC(C)(C)C. The number of nitrogens with zero attached hydrogens (tertiary/aromatic N) is 1. The average molecular weight is 366 g/mol. The number of carbonyl (C=O) groups is 2. The largest absolute Gasteiger partial charge is 0.465 e. The van der Waals surface area contributed by atoms with Gasteiger partial charge in [0.1, 0.15) is 17.7 Å². The van der Waals surface area contributed by atoms with Crippen molar-refractivity contribution in [2.45, 2.75) is 58.7 Å². The molecule has 0 aromatic heterocycles. The van der Waals surface area contributed by atoms with Crippen LogP contribution in [0.3, 0.4) is 0 Å². The molecular weight excluding hydrogens is 340 g/mol. The molecule has 0 radical (unpaired) electrons. The van der Waals surface area contributed by atoms with Gasteiger partial charge in [-0.05, 0) is 46.6 Å². The van der Waals surface area contributed by atoms with E-state index in [4.69, 9.17) is 9.47 Å². The fourth-order valence-electron chi connectivity index (χ4n) is 2.20. The lowest BCUT2D eigenvalue weighted by Gasteiger charge is -2.25. The molecule has 0 unspecified atom stereocenters. The van der Waals surface area contributed by atoms with E-state index in [-0.39, 0.29) is 18.7 Å². The van der Waals surface area contributed by atoms with Gasteiger partial charge >= 0.3 is 11.9 Å². The Morgan fingerprint density at radius 3 is 2.23 bits per heavy atom. The van der Waals surface area contributed by atoms with Crippen LogP contribution in [0.15, 0.2) is 24.3 Å². The van der Waals surface area contributed by atoms with Gasteiger partial charge in [0.25, 0.3) is 5.69 Å². The Balaban J connectivity index is 2.86. The minimum Gasteiger partial charge on any atom is -0.465 e. The van der Waals surface area contributed by atoms with Gasteiger partial charge in [0.15, 0.2) is 0 Å². The number of carbonyl (C=O) groups excluding carboxylic acids is 2. The lowest BCUT2D eigenvalue weighted by molar-refractivity contribution is -0.384. The number of hydrogen-bond donors (Lipinski definition) is 1. The first-order valence-electron chi connectivity index (χ1n) is 8.42. The number of ether oxygens (including phenoxy) is 2. The lowest BCUT2D eigenvalue weighted by atomic mass is 10.0. The van der Waals surface area contributed by atoms with Gasteiger partial charge in [-0.3, -0.25) is 25.0 Å². The summed E-state index contributed by atoms with van der Waals surface area (Å²) in [7, 11) is 0. The summed E-state index contributed by atoms with van der Waals surface area (Å²) >= 11 is 0. The summed E-state index contributed by atoms with van der Waals surface area (Å²) < 4.78 is 10.4. The molecule has 0 amide bonds. The summed E-state index contributed by atoms with van der Waals surface area (Å²) in [5.74, 6) is -0.975. The normalized spacial score (nSPS) is 13.6. The van der Waals surface area contributed by atoms with Crippen molar-refractivity contribution in [2.75, 3.05) is 6.61 Å². The first-order valence-corrected chi connectivity index (χ1v) is 8.42. The highest BCUT2D eigenvalue weighted by Gasteiger charge is 2.28.